The molecule has 1 rings (SSSR count). The molecule has 0 saturated carbocycles. The topological polar surface area (TPSA) is 55.5 Å². The molecular weight excluding hydrogens is 190 g/mol. The summed E-state index contributed by atoms with van der Waals surface area (Å²) in [7, 11) is 0. The lowest BCUT2D eigenvalue weighted by Crippen LogP contribution is -2.12. The lowest BCUT2D eigenvalue weighted by atomic mass is 10.3. The van der Waals surface area contributed by atoms with Gasteiger partial charge in [-0.15, -0.1) is 0 Å². The van der Waals surface area contributed by atoms with Crippen molar-refractivity contribution < 1.29 is 9.84 Å². The van der Waals surface area contributed by atoms with Gasteiger partial charge in [0.05, 0.1) is 11.1 Å². The molecule has 72 valence electrons. The number of aliphatic hydroxyl groups excluding tert-OH is 1. The normalized spacial score (nSPS) is 12.5. The third-order valence-corrected chi connectivity index (χ3v) is 1.73. The Bertz CT molecular complexity index is 289. The van der Waals surface area contributed by atoms with Crippen LogP contribution >= 0.6 is 11.6 Å². The van der Waals surface area contributed by atoms with E-state index in [2.05, 4.69) is 0 Å². The summed E-state index contributed by atoms with van der Waals surface area (Å²) >= 11 is 5.83. The third-order valence-electron chi connectivity index (χ3n) is 1.44. The van der Waals surface area contributed by atoms with Crippen molar-refractivity contribution in [2.45, 2.75) is 13.0 Å². The first-order valence-corrected chi connectivity index (χ1v) is 4.33. The Labute approximate surface area is 82.1 Å². The minimum Gasteiger partial charge on any atom is -0.489 e. The molecule has 0 amide bonds. The van der Waals surface area contributed by atoms with E-state index in [-0.39, 0.29) is 6.61 Å². The van der Waals surface area contributed by atoms with Crippen LogP contribution in [0.3, 0.4) is 0 Å². The molecule has 0 radical (unpaired) electrons. The number of rotatable bonds is 3. The van der Waals surface area contributed by atoms with Crippen LogP contribution in [0.4, 0.5) is 5.69 Å². The molecule has 0 aliphatic rings. The van der Waals surface area contributed by atoms with Crippen molar-refractivity contribution in [1.82, 2.24) is 0 Å². The summed E-state index contributed by atoms with van der Waals surface area (Å²) in [6, 6.07) is 4.99. The van der Waals surface area contributed by atoms with Gasteiger partial charge in [0.25, 0.3) is 0 Å². The van der Waals surface area contributed by atoms with Gasteiger partial charge in [0, 0.05) is 5.69 Å². The number of nitrogens with two attached hydrogens (primary N) is 1. The van der Waals surface area contributed by atoms with E-state index in [1.807, 2.05) is 0 Å². The van der Waals surface area contributed by atoms with Crippen molar-refractivity contribution in [3.8, 4) is 5.75 Å². The summed E-state index contributed by atoms with van der Waals surface area (Å²) in [5, 5.41) is 9.43. The highest BCUT2D eigenvalue weighted by molar-refractivity contribution is 6.32. The predicted molar refractivity (Wildman–Crippen MR) is 53.0 cm³/mol. The zero-order valence-corrected chi connectivity index (χ0v) is 8.08. The zero-order chi connectivity index (χ0) is 9.84. The molecule has 4 heteroatoms. The molecule has 0 fully saturated rings. The third kappa shape index (κ3) is 3.13. The van der Waals surface area contributed by atoms with Crippen LogP contribution in [0.1, 0.15) is 6.92 Å². The minimum absolute atomic E-state index is 0.226. The van der Waals surface area contributed by atoms with Crippen molar-refractivity contribution in [1.29, 1.82) is 0 Å². The highest BCUT2D eigenvalue weighted by Gasteiger charge is 2.03. The summed E-state index contributed by atoms with van der Waals surface area (Å²) in [5.41, 5.74) is 6.09. The van der Waals surface area contributed by atoms with E-state index in [9.17, 15) is 0 Å². The molecule has 3 N–H and O–H groups in total. The second-order valence-electron chi connectivity index (χ2n) is 2.85. The molecule has 13 heavy (non-hydrogen) atoms. The van der Waals surface area contributed by atoms with E-state index < -0.39 is 6.10 Å². The molecule has 0 heterocycles. The minimum atomic E-state index is -0.506. The number of anilines is 1. The largest absolute Gasteiger partial charge is 0.489 e. The van der Waals surface area contributed by atoms with Crippen LogP contribution in [0.5, 0.6) is 5.75 Å². The monoisotopic (exact) mass is 201 g/mol. The standard InChI is InChI=1S/C9H12ClNO2/c1-6(12)5-13-9-3-2-7(11)4-8(9)10/h2-4,6,12H,5,11H2,1H3. The van der Waals surface area contributed by atoms with E-state index in [1.165, 1.54) is 0 Å². The predicted octanol–water partition coefficient (Wildman–Crippen LogP) is 1.68. The molecule has 1 aromatic rings. The number of ether oxygens (including phenoxy) is 1. The molecule has 1 unspecified atom stereocenters. The Kier molecular flexibility index (Phi) is 3.39. The van der Waals surface area contributed by atoms with Gasteiger partial charge in [0.15, 0.2) is 0 Å². The van der Waals surface area contributed by atoms with E-state index in [0.29, 0.717) is 16.5 Å². The van der Waals surface area contributed by atoms with Crippen LogP contribution in [-0.4, -0.2) is 17.8 Å². The lowest BCUT2D eigenvalue weighted by molar-refractivity contribution is 0.123. The summed E-state index contributed by atoms with van der Waals surface area (Å²) < 4.78 is 5.22. The van der Waals surface area contributed by atoms with Crippen molar-refractivity contribution in [3.05, 3.63) is 23.2 Å². The highest BCUT2D eigenvalue weighted by atomic mass is 35.5. The highest BCUT2D eigenvalue weighted by Crippen LogP contribution is 2.26. The molecule has 0 bridgehead atoms. The van der Waals surface area contributed by atoms with Gasteiger partial charge in [0.1, 0.15) is 12.4 Å². The van der Waals surface area contributed by atoms with E-state index >= 15 is 0 Å². The first-order chi connectivity index (χ1) is 6.09. The first kappa shape index (κ1) is 10.2. The van der Waals surface area contributed by atoms with Crippen LogP contribution in [-0.2, 0) is 0 Å². The van der Waals surface area contributed by atoms with Gasteiger partial charge in [-0.3, -0.25) is 0 Å². The number of hydrogen-bond acceptors (Lipinski definition) is 3. The first-order valence-electron chi connectivity index (χ1n) is 3.95. The van der Waals surface area contributed by atoms with Crippen LogP contribution in [0.15, 0.2) is 18.2 Å². The zero-order valence-electron chi connectivity index (χ0n) is 7.33. The quantitative estimate of drug-likeness (QED) is 0.732. The second-order valence-corrected chi connectivity index (χ2v) is 3.26. The Morgan fingerprint density at radius 2 is 2.31 bits per heavy atom. The lowest BCUT2D eigenvalue weighted by Gasteiger charge is -2.09. The van der Waals surface area contributed by atoms with Crippen LogP contribution < -0.4 is 10.5 Å². The number of nitrogen functional groups attached to an aromatic ring is 1. The fraction of sp³-hybridized carbons (Fsp3) is 0.333. The number of aliphatic hydroxyl groups is 1. The van der Waals surface area contributed by atoms with Gasteiger partial charge in [0.2, 0.25) is 0 Å². The number of hydrogen-bond donors (Lipinski definition) is 2. The molecule has 0 aromatic heterocycles. The van der Waals surface area contributed by atoms with Crippen LogP contribution in [0.25, 0.3) is 0 Å². The SMILES string of the molecule is CC(O)COc1ccc(N)cc1Cl. The fourth-order valence-electron chi connectivity index (χ4n) is 0.845. The number of halogens is 1. The molecular formula is C9H12ClNO2. The Balaban J connectivity index is 2.67. The maximum absolute atomic E-state index is 8.97. The van der Waals surface area contributed by atoms with Gasteiger partial charge in [-0.2, -0.15) is 0 Å². The average molecular weight is 202 g/mol. The molecule has 0 saturated heterocycles. The maximum Gasteiger partial charge on any atom is 0.138 e. The van der Waals surface area contributed by atoms with Crippen LogP contribution in [0.2, 0.25) is 5.02 Å². The van der Waals surface area contributed by atoms with Gasteiger partial charge < -0.3 is 15.6 Å². The van der Waals surface area contributed by atoms with E-state index in [1.54, 1.807) is 25.1 Å². The van der Waals surface area contributed by atoms with Crippen molar-refractivity contribution in [2.75, 3.05) is 12.3 Å². The van der Waals surface area contributed by atoms with E-state index in [0.717, 1.165) is 0 Å². The Morgan fingerprint density at radius 3 is 2.85 bits per heavy atom. The fourth-order valence-corrected chi connectivity index (χ4v) is 1.09. The molecule has 3 nitrogen and oxygen atoms in total. The van der Waals surface area contributed by atoms with E-state index in [4.69, 9.17) is 27.2 Å². The second kappa shape index (κ2) is 4.35. The summed E-state index contributed by atoms with van der Waals surface area (Å²) in [6.07, 6.45) is -0.506. The average Bonchev–Trinajstić information content (AvgIpc) is 2.02. The summed E-state index contributed by atoms with van der Waals surface area (Å²) in [5.74, 6) is 0.539. The smallest absolute Gasteiger partial charge is 0.138 e. The Morgan fingerprint density at radius 1 is 1.62 bits per heavy atom. The molecule has 0 spiro atoms. The van der Waals surface area contributed by atoms with Crippen molar-refractivity contribution in [3.63, 3.8) is 0 Å². The summed E-state index contributed by atoms with van der Waals surface area (Å²) in [4.78, 5) is 0. The van der Waals surface area contributed by atoms with Gasteiger partial charge >= 0.3 is 0 Å². The molecule has 0 aliphatic heterocycles. The molecule has 1 aromatic carbocycles. The number of benzene rings is 1. The van der Waals surface area contributed by atoms with Crippen molar-refractivity contribution >= 4 is 17.3 Å². The van der Waals surface area contributed by atoms with Crippen molar-refractivity contribution in [2.24, 2.45) is 0 Å². The van der Waals surface area contributed by atoms with Crippen LogP contribution in [0, 0.1) is 0 Å². The van der Waals surface area contributed by atoms with Gasteiger partial charge in [-0.05, 0) is 25.1 Å². The molecule has 0 aliphatic carbocycles. The van der Waals surface area contributed by atoms with Gasteiger partial charge in [-0.25, -0.2) is 0 Å². The van der Waals surface area contributed by atoms with Gasteiger partial charge in [-0.1, -0.05) is 11.6 Å². The maximum atomic E-state index is 8.97. The Hall–Kier alpha value is -0.930. The summed E-state index contributed by atoms with van der Waals surface area (Å²) in [6.45, 7) is 1.87. The molecule has 1 atom stereocenters.